The summed E-state index contributed by atoms with van der Waals surface area (Å²) in [5, 5.41) is 16.3. The molecule has 3 saturated heterocycles. The van der Waals surface area contributed by atoms with E-state index in [0.29, 0.717) is 61.1 Å². The molecule has 1 aliphatic carbocycles. The third-order valence-electron chi connectivity index (χ3n) is 15.4. The van der Waals surface area contributed by atoms with Crippen LogP contribution in [-0.2, 0) is 24.2 Å². The van der Waals surface area contributed by atoms with Gasteiger partial charge in [-0.25, -0.2) is 13.1 Å². The summed E-state index contributed by atoms with van der Waals surface area (Å²) in [6, 6.07) is 20.4. The largest absolute Gasteiger partial charge is 0.489 e. The van der Waals surface area contributed by atoms with Gasteiger partial charge in [0.05, 0.1) is 71.7 Å². The van der Waals surface area contributed by atoms with Gasteiger partial charge in [-0.1, -0.05) is 38.1 Å². The van der Waals surface area contributed by atoms with Crippen molar-refractivity contribution in [3.8, 4) is 11.6 Å². The second-order valence-corrected chi connectivity index (χ2v) is 22.3. The summed E-state index contributed by atoms with van der Waals surface area (Å²) < 4.78 is 60.9. The smallest absolute Gasteiger partial charge is 0.297 e. The number of sulfonamides is 1. The normalized spacial score (nSPS) is 23.3. The number of hydrogen-bond donors (Lipinski definition) is 3. The Morgan fingerprint density at radius 1 is 0.972 bits per heavy atom. The molecule has 0 unspecified atom stereocenters. The van der Waals surface area contributed by atoms with Crippen LogP contribution in [0.5, 0.6) is 11.6 Å². The van der Waals surface area contributed by atoms with Gasteiger partial charge in [0, 0.05) is 61.7 Å². The molecule has 5 aliphatic heterocycles. The number of nitro benzene ring substituents is 1. The van der Waals surface area contributed by atoms with Crippen molar-refractivity contribution in [1.29, 1.82) is 0 Å². The number of H-pyrrole nitrogens is 1. The number of carbonyl (C=O) groups excluding carboxylic acids is 1. The summed E-state index contributed by atoms with van der Waals surface area (Å²) >= 11 is 0. The Bertz CT molecular complexity index is 2950. The van der Waals surface area contributed by atoms with E-state index < -0.39 is 43.6 Å². The first kappa shape index (κ1) is 47.3. The number of piperidine rings is 1. The maximum atomic E-state index is 14.8. The van der Waals surface area contributed by atoms with Crippen molar-refractivity contribution in [3.05, 3.63) is 99.7 Å². The molecule has 71 heavy (non-hydrogen) atoms. The zero-order valence-corrected chi connectivity index (χ0v) is 41.4. The third-order valence-corrected chi connectivity index (χ3v) is 16.8. The van der Waals surface area contributed by atoms with Gasteiger partial charge in [0.1, 0.15) is 24.0 Å². The molecule has 6 aliphatic rings. The Hall–Kier alpha value is -5.99. The minimum atomic E-state index is -4.70. The molecule has 1 saturated carbocycles. The van der Waals surface area contributed by atoms with Gasteiger partial charge < -0.3 is 43.8 Å². The molecule has 376 valence electrons. The van der Waals surface area contributed by atoms with Gasteiger partial charge in [-0.3, -0.25) is 19.8 Å². The molecule has 1 spiro atoms. The summed E-state index contributed by atoms with van der Waals surface area (Å²) in [6.07, 6.45) is 6.18. The van der Waals surface area contributed by atoms with Crippen LogP contribution in [0.25, 0.3) is 11.0 Å². The van der Waals surface area contributed by atoms with E-state index in [1.165, 1.54) is 17.2 Å². The van der Waals surface area contributed by atoms with Crippen molar-refractivity contribution in [2.45, 2.75) is 107 Å². The second kappa shape index (κ2) is 18.9. The predicted molar refractivity (Wildman–Crippen MR) is 268 cm³/mol. The summed E-state index contributed by atoms with van der Waals surface area (Å²) in [5.74, 6) is -0.135. The van der Waals surface area contributed by atoms with Gasteiger partial charge in [0.25, 0.3) is 21.6 Å². The summed E-state index contributed by atoms with van der Waals surface area (Å²) in [7, 11) is -4.70. The summed E-state index contributed by atoms with van der Waals surface area (Å²) in [4.78, 5) is 41.2. The van der Waals surface area contributed by atoms with Crippen LogP contribution < -0.4 is 29.3 Å². The minimum Gasteiger partial charge on any atom is -0.489 e. The first-order valence-corrected chi connectivity index (χ1v) is 26.5. The molecule has 2 aromatic heterocycles. The molecule has 11 rings (SSSR count). The van der Waals surface area contributed by atoms with Crippen molar-refractivity contribution in [1.82, 2.24) is 19.6 Å². The van der Waals surface area contributed by atoms with Crippen LogP contribution in [0.15, 0.2) is 77.8 Å². The van der Waals surface area contributed by atoms with Crippen LogP contribution >= 0.6 is 0 Å². The van der Waals surface area contributed by atoms with E-state index in [1.807, 2.05) is 38.1 Å². The lowest BCUT2D eigenvalue weighted by molar-refractivity contribution is -0.384. The van der Waals surface area contributed by atoms with Crippen LogP contribution in [0.3, 0.4) is 0 Å². The Morgan fingerprint density at radius 2 is 1.77 bits per heavy atom. The number of aromatic nitrogens is 2. The van der Waals surface area contributed by atoms with E-state index in [9.17, 15) is 23.3 Å². The molecule has 19 heteroatoms. The third kappa shape index (κ3) is 9.04. The van der Waals surface area contributed by atoms with E-state index in [0.717, 1.165) is 69.1 Å². The molecule has 4 atom stereocenters. The predicted octanol–water partition coefficient (Wildman–Crippen LogP) is 7.82. The molecular weight excluding hydrogens is 929 g/mol. The molecule has 0 radical (unpaired) electrons. The van der Waals surface area contributed by atoms with E-state index in [2.05, 4.69) is 67.8 Å². The molecule has 3 N–H and O–H groups in total. The SMILES string of the molecule is CC(C)OC[C@@H]1COc2cc(S(=O)(=O)NC(=O)c3ccc(N4CCC5(CC4)CC(N4CCOC[C@H]4c4ccccc4C(C)C)C5)cc3N3c4cc5cc[nH]c5nc4O[C@H]4COCC[C@@H]43)cc([N+](=O)[O-])c2N1. The monoisotopic (exact) mass is 990 g/mol. The molecule has 7 heterocycles. The van der Waals surface area contributed by atoms with E-state index in [4.69, 9.17) is 28.7 Å². The van der Waals surface area contributed by atoms with E-state index >= 15 is 0 Å². The zero-order chi connectivity index (χ0) is 49.2. The number of aromatic amines is 1. The number of nitrogens with one attached hydrogen (secondary N) is 3. The Labute approximate surface area is 413 Å². The number of ether oxygens (including phenoxy) is 5. The lowest BCUT2D eigenvalue weighted by atomic mass is 9.59. The fraction of sp³-hybridized carbons (Fsp3) is 0.500. The molecule has 18 nitrogen and oxygen atoms in total. The van der Waals surface area contributed by atoms with Gasteiger partial charge in [0.2, 0.25) is 5.88 Å². The molecule has 0 bridgehead atoms. The Kier molecular flexibility index (Phi) is 12.6. The van der Waals surface area contributed by atoms with Gasteiger partial charge in [-0.15, -0.1) is 0 Å². The number of amides is 1. The topological polar surface area (TPSA) is 203 Å². The van der Waals surface area contributed by atoms with Gasteiger partial charge >= 0.3 is 0 Å². The Morgan fingerprint density at radius 3 is 2.56 bits per heavy atom. The second-order valence-electron chi connectivity index (χ2n) is 20.6. The van der Waals surface area contributed by atoms with Crippen molar-refractivity contribution < 1.29 is 41.8 Å². The number of nitrogens with zero attached hydrogens (tertiary/aromatic N) is 5. The van der Waals surface area contributed by atoms with Crippen LogP contribution in [0.4, 0.5) is 28.4 Å². The highest BCUT2D eigenvalue weighted by molar-refractivity contribution is 7.90. The van der Waals surface area contributed by atoms with E-state index in [1.54, 1.807) is 12.3 Å². The number of benzene rings is 3. The highest BCUT2D eigenvalue weighted by Crippen LogP contribution is 2.54. The fourth-order valence-corrected chi connectivity index (χ4v) is 12.7. The standard InChI is InChI=1S/C52H62N8O10S/c1-31(2)38-7-5-6-8-39(38)45-29-67-20-18-58(45)36-25-52(26-36)13-16-57(17-14-52)35-9-10-40(42(22-35)59-41-12-19-66-30-47(41)70-51-44(59)21-33-11-15-53-49(33)55-51)50(61)56-71(64,65)37-23-43(60(62)63)48-46(24-37)69-28-34(54-48)27-68-32(3)4/h5-11,15,21-24,31-32,34,36,41,45,47,54H,12-14,16-20,25-30H2,1-4H3,(H,53,55)(H,56,61)/t34-,41+,45+,47+/m1/s1. The minimum absolute atomic E-state index is 0.0182. The molecule has 5 aromatic rings. The summed E-state index contributed by atoms with van der Waals surface area (Å²) in [6.45, 7) is 13.3. The number of morpholine rings is 1. The van der Waals surface area contributed by atoms with Crippen molar-refractivity contribution >= 4 is 55.4 Å². The van der Waals surface area contributed by atoms with Crippen molar-refractivity contribution in [2.24, 2.45) is 5.41 Å². The molecule has 3 aromatic carbocycles. The highest BCUT2D eigenvalue weighted by atomic mass is 32.2. The number of rotatable bonds is 12. The number of hydrogen-bond acceptors (Lipinski definition) is 15. The maximum Gasteiger partial charge on any atom is 0.297 e. The van der Waals surface area contributed by atoms with Crippen LogP contribution in [0, 0.1) is 15.5 Å². The lowest BCUT2D eigenvalue weighted by Gasteiger charge is -2.57. The molecular formula is C52H62N8O10S. The number of fused-ring (bicyclic) bond motifs is 4. The highest BCUT2D eigenvalue weighted by Gasteiger charge is 2.50. The first-order valence-electron chi connectivity index (χ1n) is 25.0. The number of anilines is 4. The van der Waals surface area contributed by atoms with Gasteiger partial charge in [-0.2, -0.15) is 4.98 Å². The van der Waals surface area contributed by atoms with Crippen LogP contribution in [-0.4, -0.2) is 124 Å². The van der Waals surface area contributed by atoms with Gasteiger partial charge in [-0.05, 0) is 98.7 Å². The van der Waals surface area contributed by atoms with Crippen molar-refractivity contribution in [2.75, 3.05) is 74.4 Å². The zero-order valence-electron chi connectivity index (χ0n) is 40.6. The fourth-order valence-electron chi connectivity index (χ4n) is 11.7. The maximum absolute atomic E-state index is 14.8. The average molecular weight is 991 g/mol. The van der Waals surface area contributed by atoms with Crippen LogP contribution in [0.1, 0.15) is 93.2 Å². The van der Waals surface area contributed by atoms with E-state index in [-0.39, 0.29) is 53.8 Å². The van der Waals surface area contributed by atoms with Crippen molar-refractivity contribution in [3.63, 3.8) is 0 Å². The quantitative estimate of drug-likeness (QED) is 0.0806. The number of nitro groups is 1. The Balaban J connectivity index is 0.887. The molecule has 1 amide bonds. The first-order chi connectivity index (χ1) is 34.2. The van der Waals surface area contributed by atoms with Gasteiger partial charge in [0.15, 0.2) is 11.4 Å². The summed E-state index contributed by atoms with van der Waals surface area (Å²) in [5.41, 5.74) is 5.29. The number of carbonyl (C=O) groups is 1. The molecule has 4 fully saturated rings. The average Bonchev–Trinajstić information content (AvgIpc) is 3.82. The van der Waals surface area contributed by atoms with Crippen LogP contribution in [0.2, 0.25) is 0 Å². The number of pyridine rings is 1. The lowest BCUT2D eigenvalue weighted by Crippen LogP contribution is -2.58.